The van der Waals surface area contributed by atoms with Crippen molar-refractivity contribution in [2.24, 2.45) is 0 Å². The largest absolute Gasteiger partial charge is 0.337 e. The van der Waals surface area contributed by atoms with Gasteiger partial charge in [0.2, 0.25) is 27.6 Å². The van der Waals surface area contributed by atoms with Crippen LogP contribution in [-0.4, -0.2) is 53.5 Å². The topological polar surface area (TPSA) is 96.6 Å². The van der Waals surface area contributed by atoms with Crippen LogP contribution in [0.2, 0.25) is 0 Å². The summed E-state index contributed by atoms with van der Waals surface area (Å²) in [5.74, 6) is -0.466. The lowest BCUT2D eigenvalue weighted by Crippen LogP contribution is -2.40. The molecule has 0 spiro atoms. The van der Waals surface area contributed by atoms with Crippen molar-refractivity contribution >= 4 is 31.9 Å². The Morgan fingerprint density at radius 2 is 1.90 bits per heavy atom. The third kappa shape index (κ3) is 6.18. The van der Waals surface area contributed by atoms with Crippen LogP contribution in [0.3, 0.4) is 0 Å². The fraction of sp³-hybridized carbons (Fsp3) is 0.250. The summed E-state index contributed by atoms with van der Waals surface area (Å²) in [6.07, 6.45) is 0.976. The summed E-state index contributed by atoms with van der Waals surface area (Å²) in [4.78, 5) is 18.2. The first-order chi connectivity index (χ1) is 14.6. The van der Waals surface area contributed by atoms with Crippen molar-refractivity contribution in [2.45, 2.75) is 13.1 Å². The molecule has 0 atom stereocenters. The highest BCUT2D eigenvalue weighted by Gasteiger charge is 2.24. The van der Waals surface area contributed by atoms with Gasteiger partial charge in [0.25, 0.3) is 0 Å². The van der Waals surface area contributed by atoms with Crippen LogP contribution in [0.1, 0.15) is 11.5 Å². The Morgan fingerprint density at radius 3 is 2.58 bits per heavy atom. The van der Waals surface area contributed by atoms with Crippen molar-refractivity contribution in [2.75, 3.05) is 19.8 Å². The van der Waals surface area contributed by atoms with Gasteiger partial charge in [-0.25, -0.2) is 12.8 Å². The van der Waals surface area contributed by atoms with Gasteiger partial charge in [0, 0.05) is 29.2 Å². The number of carbonyl (C=O) groups excluding carboxylic acids is 1. The minimum absolute atomic E-state index is 0.00284. The predicted octanol–water partition coefficient (Wildman–Crippen LogP) is 3.06. The van der Waals surface area contributed by atoms with E-state index in [4.69, 9.17) is 4.52 Å². The molecular weight excluding hydrogens is 491 g/mol. The number of nitrogens with zero attached hydrogens (tertiary/aromatic N) is 4. The van der Waals surface area contributed by atoms with E-state index in [1.165, 1.54) is 30.1 Å². The normalized spacial score (nSPS) is 11.6. The van der Waals surface area contributed by atoms with Gasteiger partial charge in [0.15, 0.2) is 0 Å². The molecule has 1 aromatic heterocycles. The Hall–Kier alpha value is -2.63. The molecule has 0 radical (unpaired) electrons. The number of likely N-dealkylation sites (N-methyl/N-ethyl adjacent to an activating group) is 1. The summed E-state index contributed by atoms with van der Waals surface area (Å²) < 4.78 is 45.2. The molecule has 0 aliphatic carbocycles. The Bertz CT molecular complexity index is 1190. The van der Waals surface area contributed by atoms with Crippen molar-refractivity contribution in [3.63, 3.8) is 0 Å². The van der Waals surface area contributed by atoms with Crippen molar-refractivity contribution in [3.8, 4) is 11.4 Å². The minimum Gasteiger partial charge on any atom is -0.337 e. The summed E-state index contributed by atoms with van der Waals surface area (Å²) in [6, 6.07) is 13.2. The molecular formula is C20H20BrFN4O4S. The Morgan fingerprint density at radius 1 is 1.16 bits per heavy atom. The average Bonchev–Trinajstić information content (AvgIpc) is 3.16. The van der Waals surface area contributed by atoms with E-state index >= 15 is 0 Å². The number of carbonyl (C=O) groups is 1. The molecule has 8 nitrogen and oxygen atoms in total. The zero-order valence-corrected chi connectivity index (χ0v) is 19.2. The number of rotatable bonds is 8. The molecule has 0 aliphatic heterocycles. The standard InChI is InChI=1S/C20H20BrFN4O4S/c1-25(12-18-23-20(24-30-18)14-7-5-8-16(21)10-14)19(27)13-26(31(2,28)29)11-15-6-3-4-9-17(15)22/h3-10H,11-13H2,1-2H3. The van der Waals surface area contributed by atoms with Crippen LogP contribution in [0.15, 0.2) is 57.5 Å². The molecule has 1 heterocycles. The zero-order chi connectivity index (χ0) is 22.6. The van der Waals surface area contributed by atoms with Crippen molar-refractivity contribution in [1.82, 2.24) is 19.3 Å². The van der Waals surface area contributed by atoms with E-state index in [1.54, 1.807) is 6.07 Å². The van der Waals surface area contributed by atoms with Crippen molar-refractivity contribution in [3.05, 3.63) is 70.3 Å². The molecule has 31 heavy (non-hydrogen) atoms. The number of sulfonamides is 1. The molecule has 164 valence electrons. The Kier molecular flexibility index (Phi) is 7.19. The number of amides is 1. The lowest BCUT2D eigenvalue weighted by atomic mass is 10.2. The van der Waals surface area contributed by atoms with Gasteiger partial charge in [-0.3, -0.25) is 4.79 Å². The van der Waals surface area contributed by atoms with Gasteiger partial charge in [-0.1, -0.05) is 51.4 Å². The summed E-state index contributed by atoms with van der Waals surface area (Å²) in [6.45, 7) is -0.702. The van der Waals surface area contributed by atoms with Crippen LogP contribution in [0.5, 0.6) is 0 Å². The summed E-state index contributed by atoms with van der Waals surface area (Å²) in [5, 5.41) is 3.91. The molecule has 0 N–H and O–H groups in total. The molecule has 0 unspecified atom stereocenters. The lowest BCUT2D eigenvalue weighted by molar-refractivity contribution is -0.131. The smallest absolute Gasteiger partial charge is 0.246 e. The number of hydrogen-bond acceptors (Lipinski definition) is 6. The van der Waals surface area contributed by atoms with Crippen LogP contribution in [-0.2, 0) is 27.9 Å². The maximum Gasteiger partial charge on any atom is 0.246 e. The molecule has 3 rings (SSSR count). The number of benzene rings is 2. The molecule has 11 heteroatoms. The first-order valence-electron chi connectivity index (χ1n) is 9.14. The van der Waals surface area contributed by atoms with Gasteiger partial charge in [-0.05, 0) is 18.2 Å². The first-order valence-corrected chi connectivity index (χ1v) is 11.8. The van der Waals surface area contributed by atoms with Gasteiger partial charge < -0.3 is 9.42 Å². The van der Waals surface area contributed by atoms with Crippen LogP contribution in [0, 0.1) is 5.82 Å². The van der Waals surface area contributed by atoms with Gasteiger partial charge >= 0.3 is 0 Å². The number of halogens is 2. The second-order valence-corrected chi connectivity index (χ2v) is 9.79. The third-order valence-corrected chi connectivity index (χ3v) is 6.12. The van der Waals surface area contributed by atoms with Crippen LogP contribution < -0.4 is 0 Å². The minimum atomic E-state index is -3.75. The van der Waals surface area contributed by atoms with Crippen LogP contribution in [0.4, 0.5) is 4.39 Å². The van der Waals surface area contributed by atoms with Gasteiger partial charge in [0.1, 0.15) is 5.82 Å². The zero-order valence-electron chi connectivity index (χ0n) is 16.8. The summed E-state index contributed by atoms with van der Waals surface area (Å²) in [5.41, 5.74) is 0.922. The van der Waals surface area contributed by atoms with E-state index in [-0.39, 0.29) is 24.5 Å². The molecule has 0 saturated carbocycles. The number of aromatic nitrogens is 2. The monoisotopic (exact) mass is 510 g/mol. The second kappa shape index (κ2) is 9.67. The maximum absolute atomic E-state index is 13.9. The summed E-state index contributed by atoms with van der Waals surface area (Å²) in [7, 11) is -2.26. The predicted molar refractivity (Wildman–Crippen MR) is 116 cm³/mol. The molecule has 0 aliphatic rings. The van der Waals surface area contributed by atoms with Gasteiger partial charge in [0.05, 0.1) is 19.3 Å². The third-order valence-electron chi connectivity index (χ3n) is 4.43. The van der Waals surface area contributed by atoms with E-state index in [2.05, 4.69) is 26.1 Å². The highest BCUT2D eigenvalue weighted by atomic mass is 79.9. The van der Waals surface area contributed by atoms with Crippen LogP contribution in [0.25, 0.3) is 11.4 Å². The van der Waals surface area contributed by atoms with Crippen molar-refractivity contribution in [1.29, 1.82) is 0 Å². The molecule has 2 aromatic carbocycles. The lowest BCUT2D eigenvalue weighted by Gasteiger charge is -2.23. The second-order valence-electron chi connectivity index (χ2n) is 6.89. The van der Waals surface area contributed by atoms with Gasteiger partial charge in [-0.2, -0.15) is 9.29 Å². The molecule has 0 saturated heterocycles. The van der Waals surface area contributed by atoms with E-state index in [0.29, 0.717) is 5.82 Å². The first kappa shape index (κ1) is 23.0. The molecule has 0 bridgehead atoms. The quantitative estimate of drug-likeness (QED) is 0.462. The highest BCUT2D eigenvalue weighted by molar-refractivity contribution is 9.10. The average molecular weight is 511 g/mol. The Balaban J connectivity index is 1.68. The van der Waals surface area contributed by atoms with Crippen LogP contribution >= 0.6 is 15.9 Å². The molecule has 0 fully saturated rings. The van der Waals surface area contributed by atoms with E-state index in [1.807, 2.05) is 24.3 Å². The molecule has 1 amide bonds. The maximum atomic E-state index is 13.9. The Labute approximate surface area is 187 Å². The fourth-order valence-electron chi connectivity index (χ4n) is 2.73. The molecule has 3 aromatic rings. The van der Waals surface area contributed by atoms with E-state index in [9.17, 15) is 17.6 Å². The summed E-state index contributed by atoms with van der Waals surface area (Å²) >= 11 is 3.38. The van der Waals surface area contributed by atoms with Crippen molar-refractivity contribution < 1.29 is 22.1 Å². The van der Waals surface area contributed by atoms with E-state index in [0.717, 1.165) is 20.6 Å². The fourth-order valence-corrected chi connectivity index (χ4v) is 3.85. The SMILES string of the molecule is CN(Cc1nc(-c2cccc(Br)c2)no1)C(=O)CN(Cc1ccccc1F)S(C)(=O)=O. The van der Waals surface area contributed by atoms with Gasteiger partial charge in [-0.15, -0.1) is 0 Å². The number of hydrogen-bond donors (Lipinski definition) is 0. The van der Waals surface area contributed by atoms with E-state index < -0.39 is 28.3 Å². The highest BCUT2D eigenvalue weighted by Crippen LogP contribution is 2.20.